The van der Waals surface area contributed by atoms with E-state index in [1.165, 1.54) is 12.3 Å². The molecule has 0 fully saturated rings. The van der Waals surface area contributed by atoms with Gasteiger partial charge in [0.1, 0.15) is 17.3 Å². The second kappa shape index (κ2) is 5.26. The van der Waals surface area contributed by atoms with Crippen LogP contribution in [0.2, 0.25) is 0 Å². The van der Waals surface area contributed by atoms with E-state index in [2.05, 4.69) is 11.7 Å². The van der Waals surface area contributed by atoms with Crippen LogP contribution in [0.25, 0.3) is 6.08 Å². The SMILES string of the molecule is C=Cc1nocc1P(=O)(OCC)OCC. The summed E-state index contributed by atoms with van der Waals surface area (Å²) in [5, 5.41) is 3.96. The molecule has 0 N–H and O–H groups in total. The molecule has 0 unspecified atom stereocenters. The Hall–Kier alpha value is -0.900. The maximum absolute atomic E-state index is 12.3. The molecule has 0 amide bonds. The zero-order chi connectivity index (χ0) is 11.3. The van der Waals surface area contributed by atoms with Gasteiger partial charge in [0.25, 0.3) is 0 Å². The van der Waals surface area contributed by atoms with Crippen molar-refractivity contribution < 1.29 is 18.1 Å². The van der Waals surface area contributed by atoms with Crippen LogP contribution in [0, 0.1) is 0 Å². The highest BCUT2D eigenvalue weighted by atomic mass is 31.2. The van der Waals surface area contributed by atoms with Crippen molar-refractivity contribution in [3.63, 3.8) is 0 Å². The normalized spacial score (nSPS) is 11.6. The van der Waals surface area contributed by atoms with Gasteiger partial charge in [0.15, 0.2) is 0 Å². The van der Waals surface area contributed by atoms with Gasteiger partial charge in [0, 0.05) is 0 Å². The fraction of sp³-hybridized carbons (Fsp3) is 0.444. The molecular weight excluding hydrogens is 217 g/mol. The smallest absolute Gasteiger partial charge is 0.363 e. The van der Waals surface area contributed by atoms with E-state index in [1.807, 2.05) is 0 Å². The predicted molar refractivity (Wildman–Crippen MR) is 57.1 cm³/mol. The van der Waals surface area contributed by atoms with E-state index < -0.39 is 7.60 Å². The summed E-state index contributed by atoms with van der Waals surface area (Å²) in [5.41, 5.74) is 0.389. The molecule has 0 bridgehead atoms. The molecule has 1 aromatic rings. The average Bonchev–Trinajstić information content (AvgIpc) is 2.66. The van der Waals surface area contributed by atoms with Gasteiger partial charge in [-0.25, -0.2) is 0 Å². The number of hydrogen-bond donors (Lipinski definition) is 0. The maximum atomic E-state index is 12.3. The molecule has 0 radical (unpaired) electrons. The van der Waals surface area contributed by atoms with E-state index in [0.717, 1.165) is 0 Å². The molecule has 0 aliphatic heterocycles. The first-order chi connectivity index (χ1) is 7.18. The monoisotopic (exact) mass is 231 g/mol. The van der Waals surface area contributed by atoms with E-state index in [1.54, 1.807) is 13.8 Å². The van der Waals surface area contributed by atoms with E-state index in [9.17, 15) is 4.57 Å². The van der Waals surface area contributed by atoms with Gasteiger partial charge < -0.3 is 13.6 Å². The molecule has 1 heterocycles. The Morgan fingerprint density at radius 1 is 1.53 bits per heavy atom. The molecule has 0 aliphatic carbocycles. The van der Waals surface area contributed by atoms with Crippen LogP contribution in [-0.2, 0) is 13.6 Å². The molecular formula is C9H14NO4P. The van der Waals surface area contributed by atoms with Gasteiger partial charge in [-0.15, -0.1) is 0 Å². The topological polar surface area (TPSA) is 61.6 Å². The van der Waals surface area contributed by atoms with Gasteiger partial charge in [-0.3, -0.25) is 4.57 Å². The highest BCUT2D eigenvalue weighted by molar-refractivity contribution is 7.62. The zero-order valence-electron chi connectivity index (χ0n) is 8.80. The second-order valence-electron chi connectivity index (χ2n) is 2.62. The van der Waals surface area contributed by atoms with Gasteiger partial charge in [0.2, 0.25) is 0 Å². The van der Waals surface area contributed by atoms with Gasteiger partial charge in [0.05, 0.1) is 13.2 Å². The number of nitrogens with zero attached hydrogens (tertiary/aromatic N) is 1. The Balaban J connectivity index is 3.08. The molecule has 6 heteroatoms. The molecule has 0 spiro atoms. The highest BCUT2D eigenvalue weighted by Gasteiger charge is 2.31. The molecule has 1 aromatic heterocycles. The third kappa shape index (κ3) is 2.56. The van der Waals surface area contributed by atoms with E-state index >= 15 is 0 Å². The van der Waals surface area contributed by atoms with Crippen molar-refractivity contribution in [3.8, 4) is 0 Å². The fourth-order valence-corrected chi connectivity index (χ4v) is 2.72. The van der Waals surface area contributed by atoms with Gasteiger partial charge in [-0.2, -0.15) is 0 Å². The molecule has 84 valence electrons. The van der Waals surface area contributed by atoms with Crippen LogP contribution in [0.5, 0.6) is 0 Å². The third-order valence-corrected chi connectivity index (χ3v) is 3.79. The molecule has 0 saturated heterocycles. The molecule has 5 nitrogen and oxygen atoms in total. The zero-order valence-corrected chi connectivity index (χ0v) is 9.70. The first kappa shape index (κ1) is 12.2. The number of aromatic nitrogens is 1. The van der Waals surface area contributed by atoms with Crippen LogP contribution in [-0.4, -0.2) is 18.4 Å². The molecule has 1 rings (SSSR count). The maximum Gasteiger partial charge on any atom is 0.366 e. The van der Waals surface area contributed by atoms with Crippen LogP contribution in [0.3, 0.4) is 0 Å². The van der Waals surface area contributed by atoms with Gasteiger partial charge in [-0.1, -0.05) is 11.7 Å². The minimum absolute atomic E-state index is 0.291. The number of hydrogen-bond acceptors (Lipinski definition) is 5. The lowest BCUT2D eigenvalue weighted by molar-refractivity contribution is 0.229. The minimum Gasteiger partial charge on any atom is -0.363 e. The molecule has 0 atom stereocenters. The summed E-state index contributed by atoms with van der Waals surface area (Å²) in [7, 11) is -3.31. The summed E-state index contributed by atoms with van der Waals surface area (Å²) < 4.78 is 27.3. The Bertz CT molecular complexity index is 364. The van der Waals surface area contributed by atoms with E-state index in [0.29, 0.717) is 24.2 Å². The van der Waals surface area contributed by atoms with E-state index in [4.69, 9.17) is 13.6 Å². The summed E-state index contributed by atoms with van der Waals surface area (Å²) in [5.74, 6) is 0. The Labute approximate surface area is 88.6 Å². The van der Waals surface area contributed by atoms with Crippen molar-refractivity contribution in [3.05, 3.63) is 18.5 Å². The third-order valence-electron chi connectivity index (χ3n) is 1.66. The van der Waals surface area contributed by atoms with Crippen molar-refractivity contribution >= 4 is 19.0 Å². The molecule has 15 heavy (non-hydrogen) atoms. The molecule has 0 saturated carbocycles. The first-order valence-electron chi connectivity index (χ1n) is 4.64. The Morgan fingerprint density at radius 2 is 2.13 bits per heavy atom. The standard InChI is InChI=1S/C9H14NO4P/c1-4-8-9(7-12-10-8)15(11,13-5-2)14-6-3/h4,7H,1,5-6H2,2-3H3. The lowest BCUT2D eigenvalue weighted by Gasteiger charge is -2.15. The van der Waals surface area contributed by atoms with Crippen molar-refractivity contribution in [2.45, 2.75) is 13.8 Å². The van der Waals surface area contributed by atoms with Crippen LogP contribution in [0.1, 0.15) is 19.5 Å². The summed E-state index contributed by atoms with van der Waals surface area (Å²) in [4.78, 5) is 0. The Kier molecular flexibility index (Phi) is 4.27. The largest absolute Gasteiger partial charge is 0.366 e. The lowest BCUT2D eigenvalue weighted by atomic mass is 10.4. The van der Waals surface area contributed by atoms with Crippen molar-refractivity contribution in [2.75, 3.05) is 13.2 Å². The summed E-state index contributed by atoms with van der Waals surface area (Å²) in [6.45, 7) is 7.61. The molecule has 0 aliphatic rings. The second-order valence-corrected chi connectivity index (χ2v) is 4.62. The Morgan fingerprint density at radius 3 is 2.60 bits per heavy atom. The van der Waals surface area contributed by atoms with Crippen molar-refractivity contribution in [1.82, 2.24) is 5.16 Å². The van der Waals surface area contributed by atoms with Crippen molar-refractivity contribution in [1.29, 1.82) is 0 Å². The minimum atomic E-state index is -3.31. The predicted octanol–water partition coefficient (Wildman–Crippen LogP) is 2.21. The van der Waals surface area contributed by atoms with Crippen LogP contribution < -0.4 is 5.30 Å². The van der Waals surface area contributed by atoms with Crippen LogP contribution >= 0.6 is 7.60 Å². The van der Waals surface area contributed by atoms with Gasteiger partial charge >= 0.3 is 7.60 Å². The van der Waals surface area contributed by atoms with Crippen LogP contribution in [0.15, 0.2) is 17.4 Å². The number of rotatable bonds is 6. The summed E-state index contributed by atoms with van der Waals surface area (Å²) in [6, 6.07) is 0. The van der Waals surface area contributed by atoms with Gasteiger partial charge in [-0.05, 0) is 19.9 Å². The van der Waals surface area contributed by atoms with Crippen molar-refractivity contribution in [2.24, 2.45) is 0 Å². The van der Waals surface area contributed by atoms with Crippen LogP contribution in [0.4, 0.5) is 0 Å². The molecule has 0 aromatic carbocycles. The lowest BCUT2D eigenvalue weighted by Crippen LogP contribution is -2.11. The quantitative estimate of drug-likeness (QED) is 0.702. The summed E-state index contributed by atoms with van der Waals surface area (Å²) >= 11 is 0. The van der Waals surface area contributed by atoms with E-state index in [-0.39, 0.29) is 0 Å². The first-order valence-corrected chi connectivity index (χ1v) is 6.18. The highest BCUT2D eigenvalue weighted by Crippen LogP contribution is 2.47. The fourth-order valence-electron chi connectivity index (χ4n) is 1.10. The summed E-state index contributed by atoms with van der Waals surface area (Å²) in [6.07, 6.45) is 2.71. The average molecular weight is 231 g/mol.